The average Bonchev–Trinajstić information content (AvgIpc) is 2.78. The molecule has 0 amide bonds. The fraction of sp³-hybridized carbons (Fsp3) is 0.857. The molecule has 0 saturated carbocycles. The summed E-state index contributed by atoms with van der Waals surface area (Å²) in [5.41, 5.74) is 0. The van der Waals surface area contributed by atoms with E-state index in [4.69, 9.17) is 9.84 Å². The number of rotatable bonds is 10. The third kappa shape index (κ3) is 5.96. The molecule has 0 spiro atoms. The molecule has 0 aromatic rings. The topological polar surface area (TPSA) is 44.7 Å². The van der Waals surface area contributed by atoms with Gasteiger partial charge in [0.1, 0.15) is 0 Å². The van der Waals surface area contributed by atoms with E-state index >= 15 is 0 Å². The van der Waals surface area contributed by atoms with Gasteiger partial charge in [-0.05, 0) is 25.8 Å². The van der Waals surface area contributed by atoms with Crippen LogP contribution in [0.5, 0.6) is 0 Å². The minimum atomic E-state index is 0.196. The maximum atomic E-state index is 9.01. The van der Waals surface area contributed by atoms with Gasteiger partial charge in [-0.15, -0.1) is 6.58 Å². The van der Waals surface area contributed by atoms with E-state index in [2.05, 4.69) is 23.7 Å². The fourth-order valence-corrected chi connectivity index (χ4v) is 2.37. The molecular weight excluding hydrogens is 228 g/mol. The lowest BCUT2D eigenvalue weighted by atomic mass is 10.2. The van der Waals surface area contributed by atoms with E-state index in [1.807, 2.05) is 6.08 Å². The van der Waals surface area contributed by atoms with E-state index in [1.165, 1.54) is 6.42 Å². The first kappa shape index (κ1) is 15.6. The van der Waals surface area contributed by atoms with Crippen molar-refractivity contribution < 1.29 is 9.84 Å². The summed E-state index contributed by atoms with van der Waals surface area (Å²) in [6.07, 6.45) is 5.98. The molecule has 1 saturated heterocycles. The number of aliphatic hydroxyl groups is 1. The van der Waals surface area contributed by atoms with Crippen LogP contribution in [0.3, 0.4) is 0 Å². The van der Waals surface area contributed by atoms with Crippen molar-refractivity contribution in [3.63, 3.8) is 0 Å². The quantitative estimate of drug-likeness (QED) is 0.452. The molecule has 2 unspecified atom stereocenters. The molecule has 18 heavy (non-hydrogen) atoms. The van der Waals surface area contributed by atoms with Crippen LogP contribution in [0.1, 0.15) is 26.2 Å². The lowest BCUT2D eigenvalue weighted by Gasteiger charge is -2.23. The predicted octanol–water partition coefficient (Wildman–Crippen LogP) is 1.01. The molecule has 1 aliphatic rings. The standard InChI is InChI=1S/C14H28N2O2/c1-3-7-15-11-13-5-6-14(18-13)12-16(8-4-2)9-10-17/h4,13-15,17H,2-3,5-12H2,1H3. The Morgan fingerprint density at radius 3 is 2.89 bits per heavy atom. The normalized spacial score (nSPS) is 23.7. The smallest absolute Gasteiger partial charge is 0.0707 e. The highest BCUT2D eigenvalue weighted by molar-refractivity contribution is 4.80. The van der Waals surface area contributed by atoms with Gasteiger partial charge >= 0.3 is 0 Å². The molecule has 1 aliphatic heterocycles. The van der Waals surface area contributed by atoms with Crippen molar-refractivity contribution in [3.8, 4) is 0 Å². The van der Waals surface area contributed by atoms with Gasteiger partial charge in [-0.2, -0.15) is 0 Å². The summed E-state index contributed by atoms with van der Waals surface area (Å²) in [5.74, 6) is 0. The van der Waals surface area contributed by atoms with E-state index < -0.39 is 0 Å². The minimum absolute atomic E-state index is 0.196. The first-order valence-electron chi connectivity index (χ1n) is 7.10. The third-order valence-electron chi connectivity index (χ3n) is 3.26. The second-order valence-corrected chi connectivity index (χ2v) is 4.93. The summed E-state index contributed by atoms with van der Waals surface area (Å²) in [7, 11) is 0. The molecule has 4 heteroatoms. The van der Waals surface area contributed by atoms with Crippen molar-refractivity contribution in [2.75, 3.05) is 39.3 Å². The second-order valence-electron chi connectivity index (χ2n) is 4.93. The van der Waals surface area contributed by atoms with E-state index in [1.54, 1.807) is 0 Å². The molecule has 1 heterocycles. The number of hydrogen-bond donors (Lipinski definition) is 2. The molecule has 2 atom stereocenters. The van der Waals surface area contributed by atoms with Gasteiger partial charge in [-0.3, -0.25) is 4.90 Å². The molecular formula is C14H28N2O2. The monoisotopic (exact) mass is 256 g/mol. The number of hydrogen-bond acceptors (Lipinski definition) is 4. The van der Waals surface area contributed by atoms with Crippen molar-refractivity contribution >= 4 is 0 Å². The van der Waals surface area contributed by atoms with Crippen LogP contribution < -0.4 is 5.32 Å². The summed E-state index contributed by atoms with van der Waals surface area (Å²) in [5, 5.41) is 12.4. The zero-order valence-electron chi connectivity index (χ0n) is 11.6. The number of ether oxygens (including phenoxy) is 1. The minimum Gasteiger partial charge on any atom is -0.395 e. The van der Waals surface area contributed by atoms with Crippen LogP contribution in [0.2, 0.25) is 0 Å². The van der Waals surface area contributed by atoms with Crippen LogP contribution >= 0.6 is 0 Å². The van der Waals surface area contributed by atoms with Gasteiger partial charge < -0.3 is 15.2 Å². The summed E-state index contributed by atoms with van der Waals surface area (Å²) >= 11 is 0. The molecule has 1 rings (SSSR count). The first-order chi connectivity index (χ1) is 8.80. The molecule has 4 nitrogen and oxygen atoms in total. The lowest BCUT2D eigenvalue weighted by molar-refractivity contribution is 0.0229. The van der Waals surface area contributed by atoms with Gasteiger partial charge in [-0.25, -0.2) is 0 Å². The Morgan fingerprint density at radius 1 is 1.44 bits per heavy atom. The maximum Gasteiger partial charge on any atom is 0.0707 e. The van der Waals surface area contributed by atoms with E-state index in [0.29, 0.717) is 18.8 Å². The summed E-state index contributed by atoms with van der Waals surface area (Å²) < 4.78 is 6.01. The summed E-state index contributed by atoms with van der Waals surface area (Å²) in [6.45, 7) is 10.6. The van der Waals surface area contributed by atoms with Crippen LogP contribution in [0.25, 0.3) is 0 Å². The predicted molar refractivity (Wildman–Crippen MR) is 74.8 cm³/mol. The Kier molecular flexibility index (Phi) is 8.25. The van der Waals surface area contributed by atoms with E-state index in [0.717, 1.165) is 39.0 Å². The third-order valence-corrected chi connectivity index (χ3v) is 3.26. The van der Waals surface area contributed by atoms with Gasteiger partial charge in [0.2, 0.25) is 0 Å². The Labute approximate surface area is 111 Å². The van der Waals surface area contributed by atoms with E-state index in [9.17, 15) is 0 Å². The van der Waals surface area contributed by atoms with Crippen LogP contribution in [0, 0.1) is 0 Å². The van der Waals surface area contributed by atoms with Crippen molar-refractivity contribution in [1.29, 1.82) is 0 Å². The highest BCUT2D eigenvalue weighted by atomic mass is 16.5. The van der Waals surface area contributed by atoms with Gasteiger partial charge in [0.15, 0.2) is 0 Å². The van der Waals surface area contributed by atoms with Gasteiger partial charge in [0, 0.05) is 26.2 Å². The molecule has 2 N–H and O–H groups in total. The Bertz CT molecular complexity index is 224. The van der Waals surface area contributed by atoms with Gasteiger partial charge in [0.05, 0.1) is 18.8 Å². The fourth-order valence-electron chi connectivity index (χ4n) is 2.37. The summed E-state index contributed by atoms with van der Waals surface area (Å²) in [6, 6.07) is 0. The van der Waals surface area contributed by atoms with Crippen LogP contribution in [-0.2, 0) is 4.74 Å². The molecule has 106 valence electrons. The van der Waals surface area contributed by atoms with Crippen LogP contribution in [0.15, 0.2) is 12.7 Å². The van der Waals surface area contributed by atoms with Crippen LogP contribution in [-0.4, -0.2) is 61.5 Å². The average molecular weight is 256 g/mol. The van der Waals surface area contributed by atoms with Crippen molar-refractivity contribution in [2.24, 2.45) is 0 Å². The van der Waals surface area contributed by atoms with Crippen molar-refractivity contribution in [2.45, 2.75) is 38.4 Å². The van der Waals surface area contributed by atoms with Crippen LogP contribution in [0.4, 0.5) is 0 Å². The number of aliphatic hydroxyl groups excluding tert-OH is 1. The lowest BCUT2D eigenvalue weighted by Crippen LogP contribution is -2.35. The first-order valence-corrected chi connectivity index (χ1v) is 7.10. The largest absolute Gasteiger partial charge is 0.395 e. The number of nitrogens with one attached hydrogen (secondary N) is 1. The molecule has 0 bridgehead atoms. The van der Waals surface area contributed by atoms with Crippen molar-refractivity contribution in [1.82, 2.24) is 10.2 Å². The maximum absolute atomic E-state index is 9.01. The molecule has 0 aromatic heterocycles. The molecule has 1 fully saturated rings. The van der Waals surface area contributed by atoms with Crippen molar-refractivity contribution in [3.05, 3.63) is 12.7 Å². The highest BCUT2D eigenvalue weighted by Crippen LogP contribution is 2.20. The SMILES string of the molecule is C=CCN(CCO)CC1CCC(CNCCC)O1. The number of nitrogens with zero attached hydrogens (tertiary/aromatic N) is 1. The summed E-state index contributed by atoms with van der Waals surface area (Å²) in [4.78, 5) is 2.19. The Balaban J connectivity index is 2.21. The second kappa shape index (κ2) is 9.50. The Morgan fingerprint density at radius 2 is 2.22 bits per heavy atom. The van der Waals surface area contributed by atoms with Gasteiger partial charge in [-0.1, -0.05) is 13.0 Å². The zero-order chi connectivity index (χ0) is 13.2. The van der Waals surface area contributed by atoms with E-state index in [-0.39, 0.29) is 6.61 Å². The molecule has 0 aromatic carbocycles. The van der Waals surface area contributed by atoms with Gasteiger partial charge in [0.25, 0.3) is 0 Å². The Hall–Kier alpha value is -0.420. The molecule has 0 radical (unpaired) electrons. The highest BCUT2D eigenvalue weighted by Gasteiger charge is 2.26. The zero-order valence-corrected chi connectivity index (χ0v) is 11.6. The molecule has 0 aliphatic carbocycles.